The Morgan fingerprint density at radius 2 is 2.04 bits per heavy atom. The van der Waals surface area contributed by atoms with Gasteiger partial charge in [-0.3, -0.25) is 0 Å². The first kappa shape index (κ1) is 16.3. The number of carbonyl (C=O) groups excluding carboxylic acids is 1. The molecular formula is C19H16N4O2. The van der Waals surface area contributed by atoms with Gasteiger partial charge in [-0.25, -0.2) is 9.78 Å². The molecule has 0 bridgehead atoms. The molecule has 0 saturated heterocycles. The number of hydrogen-bond acceptors (Lipinski definition) is 5. The Bertz CT molecular complexity index is 932. The summed E-state index contributed by atoms with van der Waals surface area (Å²) in [6.45, 7) is 2.10. The zero-order valence-electron chi connectivity index (χ0n) is 13.6. The van der Waals surface area contributed by atoms with Gasteiger partial charge in [0, 0.05) is 11.9 Å². The molecule has 3 aromatic rings. The van der Waals surface area contributed by atoms with Crippen molar-refractivity contribution in [3.05, 3.63) is 66.1 Å². The van der Waals surface area contributed by atoms with Gasteiger partial charge in [0.15, 0.2) is 5.82 Å². The molecule has 0 spiro atoms. The summed E-state index contributed by atoms with van der Waals surface area (Å²) in [7, 11) is 0. The van der Waals surface area contributed by atoms with Crippen LogP contribution in [0.3, 0.4) is 0 Å². The highest BCUT2D eigenvalue weighted by molar-refractivity contribution is 5.90. The van der Waals surface area contributed by atoms with Gasteiger partial charge in [-0.1, -0.05) is 12.1 Å². The average molecular weight is 332 g/mol. The quantitative estimate of drug-likeness (QED) is 0.549. The summed E-state index contributed by atoms with van der Waals surface area (Å²) in [4.78, 5) is 19.2. The van der Waals surface area contributed by atoms with E-state index in [1.165, 1.54) is 0 Å². The lowest BCUT2D eigenvalue weighted by Gasteiger charge is -2.04. The van der Waals surface area contributed by atoms with E-state index in [0.717, 1.165) is 16.7 Å². The topological polar surface area (TPSA) is 90.8 Å². The maximum absolute atomic E-state index is 11.6. The van der Waals surface area contributed by atoms with Crippen molar-refractivity contribution in [2.75, 3.05) is 11.9 Å². The van der Waals surface area contributed by atoms with Gasteiger partial charge in [0.2, 0.25) is 0 Å². The fourth-order valence-corrected chi connectivity index (χ4v) is 2.31. The van der Waals surface area contributed by atoms with Crippen molar-refractivity contribution in [1.29, 1.82) is 5.26 Å². The van der Waals surface area contributed by atoms with E-state index in [0.29, 0.717) is 23.6 Å². The molecule has 6 nitrogen and oxygen atoms in total. The number of fused-ring (bicyclic) bond motifs is 1. The number of nitrogens with one attached hydrogen (secondary N) is 2. The van der Waals surface area contributed by atoms with Crippen LogP contribution in [-0.4, -0.2) is 22.5 Å². The summed E-state index contributed by atoms with van der Waals surface area (Å²) in [5.74, 6) is 0.143. The maximum Gasteiger partial charge on any atom is 0.338 e. The van der Waals surface area contributed by atoms with E-state index in [2.05, 4.69) is 21.4 Å². The van der Waals surface area contributed by atoms with Crippen molar-refractivity contribution < 1.29 is 9.53 Å². The van der Waals surface area contributed by atoms with Gasteiger partial charge in [0.25, 0.3) is 0 Å². The van der Waals surface area contributed by atoms with Crippen LogP contribution in [0.1, 0.15) is 23.1 Å². The van der Waals surface area contributed by atoms with Crippen LogP contribution in [-0.2, 0) is 4.74 Å². The van der Waals surface area contributed by atoms with Crippen LogP contribution in [0, 0.1) is 11.3 Å². The predicted octanol–water partition coefficient (Wildman–Crippen LogP) is 3.72. The number of aromatic nitrogens is 2. The summed E-state index contributed by atoms with van der Waals surface area (Å²) < 4.78 is 4.94. The van der Waals surface area contributed by atoms with Crippen molar-refractivity contribution in [1.82, 2.24) is 9.97 Å². The number of para-hydroxylation sites is 2. The lowest BCUT2D eigenvalue weighted by molar-refractivity contribution is 0.0526. The lowest BCUT2D eigenvalue weighted by Crippen LogP contribution is -2.04. The van der Waals surface area contributed by atoms with Crippen LogP contribution < -0.4 is 5.32 Å². The molecule has 1 heterocycles. The van der Waals surface area contributed by atoms with E-state index in [1.807, 2.05) is 24.3 Å². The minimum atomic E-state index is -0.357. The predicted molar refractivity (Wildman–Crippen MR) is 95.7 cm³/mol. The minimum absolute atomic E-state index is 0.338. The van der Waals surface area contributed by atoms with Crippen LogP contribution in [0.25, 0.3) is 16.6 Å². The van der Waals surface area contributed by atoms with Crippen LogP contribution >= 0.6 is 0 Å². The molecule has 25 heavy (non-hydrogen) atoms. The highest BCUT2D eigenvalue weighted by atomic mass is 16.5. The number of allylic oxidation sites excluding steroid dienone is 1. The number of benzene rings is 2. The zero-order valence-corrected chi connectivity index (χ0v) is 13.6. The van der Waals surface area contributed by atoms with Crippen molar-refractivity contribution >= 4 is 28.3 Å². The standard InChI is InChI=1S/C19H16N4O2/c1-2-25-19(24)13-7-9-15(10-8-13)21-12-14(11-20)18-22-16-5-3-4-6-17(16)23-18/h3-10,12,21H,2H2,1H3,(H,22,23)/b14-12+. The number of anilines is 1. The normalized spacial score (nSPS) is 11.1. The molecular weight excluding hydrogens is 316 g/mol. The number of aromatic amines is 1. The van der Waals surface area contributed by atoms with E-state index >= 15 is 0 Å². The van der Waals surface area contributed by atoms with Crippen molar-refractivity contribution in [3.8, 4) is 6.07 Å². The number of esters is 1. The van der Waals surface area contributed by atoms with Crippen molar-refractivity contribution in [2.24, 2.45) is 0 Å². The SMILES string of the molecule is CCOC(=O)c1ccc(N/C=C(\C#N)c2nc3ccccc3[nH]2)cc1. The van der Waals surface area contributed by atoms with E-state index in [1.54, 1.807) is 37.4 Å². The minimum Gasteiger partial charge on any atom is -0.462 e. The van der Waals surface area contributed by atoms with Gasteiger partial charge in [-0.05, 0) is 43.3 Å². The molecule has 0 amide bonds. The van der Waals surface area contributed by atoms with E-state index in [9.17, 15) is 10.1 Å². The third kappa shape index (κ3) is 3.67. The summed E-state index contributed by atoms with van der Waals surface area (Å²) in [5.41, 5.74) is 3.28. The Hall–Kier alpha value is -3.59. The molecule has 6 heteroatoms. The number of ether oxygens (including phenoxy) is 1. The molecule has 0 unspecified atom stereocenters. The van der Waals surface area contributed by atoms with Crippen LogP contribution in [0.5, 0.6) is 0 Å². The molecule has 1 aromatic heterocycles. The van der Waals surface area contributed by atoms with Gasteiger partial charge in [-0.2, -0.15) is 5.26 Å². The number of H-pyrrole nitrogens is 1. The maximum atomic E-state index is 11.6. The fraction of sp³-hybridized carbons (Fsp3) is 0.105. The summed E-state index contributed by atoms with van der Waals surface area (Å²) >= 11 is 0. The van der Waals surface area contributed by atoms with E-state index < -0.39 is 0 Å². The molecule has 0 saturated carbocycles. The second-order valence-corrected chi connectivity index (χ2v) is 5.21. The Morgan fingerprint density at radius 1 is 1.28 bits per heavy atom. The Morgan fingerprint density at radius 3 is 2.72 bits per heavy atom. The molecule has 0 fully saturated rings. The monoisotopic (exact) mass is 332 g/mol. The second-order valence-electron chi connectivity index (χ2n) is 5.21. The first-order valence-electron chi connectivity index (χ1n) is 7.80. The third-order valence-electron chi connectivity index (χ3n) is 3.54. The van der Waals surface area contributed by atoms with E-state index in [-0.39, 0.29) is 5.97 Å². The lowest BCUT2D eigenvalue weighted by atomic mass is 10.2. The first-order chi connectivity index (χ1) is 12.2. The van der Waals surface area contributed by atoms with Gasteiger partial charge in [0.05, 0.1) is 23.2 Å². The van der Waals surface area contributed by atoms with Gasteiger partial charge in [-0.15, -0.1) is 0 Å². The number of carbonyl (C=O) groups is 1. The molecule has 2 aromatic carbocycles. The molecule has 0 aliphatic carbocycles. The average Bonchev–Trinajstić information content (AvgIpc) is 3.07. The van der Waals surface area contributed by atoms with Crippen LogP contribution in [0.4, 0.5) is 5.69 Å². The van der Waals surface area contributed by atoms with Gasteiger partial charge >= 0.3 is 5.97 Å². The van der Waals surface area contributed by atoms with Gasteiger partial charge in [0.1, 0.15) is 11.6 Å². The molecule has 0 atom stereocenters. The van der Waals surface area contributed by atoms with Crippen molar-refractivity contribution in [2.45, 2.75) is 6.92 Å². The molecule has 0 aliphatic heterocycles. The summed E-state index contributed by atoms with van der Waals surface area (Å²) in [6, 6.07) is 16.5. The third-order valence-corrected chi connectivity index (χ3v) is 3.54. The van der Waals surface area contributed by atoms with Crippen LogP contribution in [0.15, 0.2) is 54.7 Å². The Kier molecular flexibility index (Phi) is 4.77. The molecule has 2 N–H and O–H groups in total. The highest BCUT2D eigenvalue weighted by Crippen LogP contribution is 2.17. The van der Waals surface area contributed by atoms with Crippen LogP contribution in [0.2, 0.25) is 0 Å². The number of hydrogen-bond donors (Lipinski definition) is 2. The zero-order chi connectivity index (χ0) is 17.6. The first-order valence-corrected chi connectivity index (χ1v) is 7.80. The number of rotatable bonds is 5. The van der Waals surface area contributed by atoms with Crippen molar-refractivity contribution in [3.63, 3.8) is 0 Å². The van der Waals surface area contributed by atoms with Gasteiger partial charge < -0.3 is 15.0 Å². The fourth-order valence-electron chi connectivity index (χ4n) is 2.31. The summed E-state index contributed by atoms with van der Waals surface area (Å²) in [5, 5.41) is 12.4. The molecule has 0 aliphatic rings. The Labute approximate surface area is 144 Å². The number of imidazole rings is 1. The second kappa shape index (κ2) is 7.32. The smallest absolute Gasteiger partial charge is 0.338 e. The largest absolute Gasteiger partial charge is 0.462 e. The molecule has 3 rings (SSSR count). The number of nitriles is 1. The molecule has 124 valence electrons. The van der Waals surface area contributed by atoms with E-state index in [4.69, 9.17) is 4.74 Å². The highest BCUT2D eigenvalue weighted by Gasteiger charge is 2.08. The molecule has 0 radical (unpaired) electrons. The summed E-state index contributed by atoms with van der Waals surface area (Å²) in [6.07, 6.45) is 1.58. The Balaban J connectivity index is 1.77. The number of nitrogens with zero attached hydrogens (tertiary/aromatic N) is 2.